The predicted octanol–water partition coefficient (Wildman–Crippen LogP) is 5.29. The molecule has 1 aromatic rings. The van der Waals surface area contributed by atoms with Gasteiger partial charge >= 0.3 is 5.97 Å². The monoisotopic (exact) mass is 448 g/mol. The summed E-state index contributed by atoms with van der Waals surface area (Å²) in [4.78, 5) is 27.1. The van der Waals surface area contributed by atoms with Gasteiger partial charge in [0.15, 0.2) is 0 Å². The summed E-state index contributed by atoms with van der Waals surface area (Å²) in [5.41, 5.74) is 2.18. The SMILES string of the molecule is CN1[C@H]2CC[C@@H]1[C@H]1COC(=O)CCCCCCCCC(=O)Nc3ccc(cc3)[C@H]1C2.Cl. The van der Waals surface area contributed by atoms with Gasteiger partial charge in [-0.15, -0.1) is 12.4 Å². The van der Waals surface area contributed by atoms with Gasteiger partial charge in [-0.1, -0.05) is 37.8 Å². The van der Waals surface area contributed by atoms with Gasteiger partial charge in [-0.2, -0.15) is 0 Å². The number of halogens is 1. The van der Waals surface area contributed by atoms with Gasteiger partial charge in [0.1, 0.15) is 0 Å². The van der Waals surface area contributed by atoms with E-state index in [-0.39, 0.29) is 24.3 Å². The van der Waals surface area contributed by atoms with Gasteiger partial charge in [-0.05, 0) is 62.8 Å². The summed E-state index contributed by atoms with van der Waals surface area (Å²) in [7, 11) is 2.23. The van der Waals surface area contributed by atoms with E-state index in [9.17, 15) is 9.59 Å². The summed E-state index contributed by atoms with van der Waals surface area (Å²) in [5, 5.41) is 3.05. The number of carbonyl (C=O) groups is 2. The Morgan fingerprint density at radius 1 is 0.935 bits per heavy atom. The molecule has 1 amide bonds. The number of nitrogens with zero attached hydrogens (tertiary/aromatic N) is 1. The molecule has 4 aliphatic heterocycles. The topological polar surface area (TPSA) is 58.6 Å². The Hall–Kier alpha value is -1.59. The fraction of sp³-hybridized carbons (Fsp3) is 0.680. The Labute approximate surface area is 192 Å². The first-order valence-electron chi connectivity index (χ1n) is 11.9. The minimum absolute atomic E-state index is 0. The lowest BCUT2D eigenvalue weighted by Crippen LogP contribution is -2.47. The highest BCUT2D eigenvalue weighted by molar-refractivity contribution is 5.90. The summed E-state index contributed by atoms with van der Waals surface area (Å²) in [5.74, 6) is 0.799. The van der Waals surface area contributed by atoms with E-state index in [0.717, 1.165) is 50.6 Å². The molecule has 1 N–H and O–H groups in total. The number of hydrogen-bond donors (Lipinski definition) is 1. The average Bonchev–Trinajstić information content (AvgIpc) is 2.98. The van der Waals surface area contributed by atoms with Crippen molar-refractivity contribution in [2.75, 3.05) is 19.0 Å². The third-order valence-electron chi connectivity index (χ3n) is 7.53. The highest BCUT2D eigenvalue weighted by atomic mass is 35.5. The number of esters is 1. The highest BCUT2D eigenvalue weighted by Crippen LogP contribution is 2.46. The van der Waals surface area contributed by atoms with Crippen LogP contribution in [0.3, 0.4) is 0 Å². The number of anilines is 1. The molecular formula is C25H37ClN2O3. The molecule has 6 heteroatoms. The van der Waals surface area contributed by atoms with Crippen LogP contribution in [-0.2, 0) is 14.3 Å². The van der Waals surface area contributed by atoms with Gasteiger partial charge in [0.05, 0.1) is 6.61 Å². The van der Waals surface area contributed by atoms with Gasteiger partial charge < -0.3 is 15.0 Å². The maximum absolute atomic E-state index is 12.4. The lowest BCUT2D eigenvalue weighted by atomic mass is 9.76. The van der Waals surface area contributed by atoms with E-state index < -0.39 is 0 Å². The van der Waals surface area contributed by atoms with Crippen LogP contribution in [0, 0.1) is 5.92 Å². The van der Waals surface area contributed by atoms with E-state index in [1.165, 1.54) is 18.4 Å². The smallest absolute Gasteiger partial charge is 0.305 e. The molecule has 1 aromatic carbocycles. The zero-order valence-electron chi connectivity index (χ0n) is 18.7. The zero-order valence-corrected chi connectivity index (χ0v) is 19.5. The lowest BCUT2D eigenvalue weighted by molar-refractivity contribution is -0.146. The van der Waals surface area contributed by atoms with E-state index in [2.05, 4.69) is 29.4 Å². The number of hydrogen-bond acceptors (Lipinski definition) is 4. The minimum atomic E-state index is -0.0421. The first kappa shape index (κ1) is 24.1. The molecule has 4 bridgehead atoms. The van der Waals surface area contributed by atoms with Gasteiger partial charge in [0.25, 0.3) is 0 Å². The molecule has 0 radical (unpaired) electrons. The van der Waals surface area contributed by atoms with E-state index in [1.807, 2.05) is 12.1 Å². The second-order valence-electron chi connectivity index (χ2n) is 9.44. The van der Waals surface area contributed by atoms with Crippen molar-refractivity contribution in [3.63, 3.8) is 0 Å². The summed E-state index contributed by atoms with van der Waals surface area (Å²) < 4.78 is 5.81. The fourth-order valence-electron chi connectivity index (χ4n) is 5.75. The molecule has 4 heterocycles. The standard InChI is InChI=1S/C25H36N2O3.ClH/c1-27-20-14-15-23(27)22-17-30-25(29)9-7-5-3-2-4-6-8-24(28)26-19-12-10-18(11-13-19)21(22)16-20;/h10-13,20-23H,2-9,14-17H2,1H3,(H,26,28);1H/t20-,21+,22-,23+;/m0./s1. The van der Waals surface area contributed by atoms with Crippen molar-refractivity contribution in [3.05, 3.63) is 29.8 Å². The summed E-state index contributed by atoms with van der Waals surface area (Å²) >= 11 is 0. The van der Waals surface area contributed by atoms with Gasteiger partial charge in [0.2, 0.25) is 5.91 Å². The molecule has 5 rings (SSSR count). The van der Waals surface area contributed by atoms with Crippen molar-refractivity contribution in [2.45, 2.75) is 88.6 Å². The quantitative estimate of drug-likeness (QED) is 0.548. The maximum atomic E-state index is 12.4. The van der Waals surface area contributed by atoms with E-state index in [1.54, 1.807) is 0 Å². The van der Waals surface area contributed by atoms with Crippen molar-refractivity contribution < 1.29 is 14.3 Å². The molecule has 0 aliphatic carbocycles. The van der Waals surface area contributed by atoms with Crippen molar-refractivity contribution in [3.8, 4) is 0 Å². The van der Waals surface area contributed by atoms with Crippen molar-refractivity contribution in [2.24, 2.45) is 5.92 Å². The molecule has 0 aromatic heterocycles. The summed E-state index contributed by atoms with van der Waals surface area (Å²) in [6, 6.07) is 9.49. The van der Waals surface area contributed by atoms with Gasteiger partial charge in [-0.25, -0.2) is 0 Å². The number of amides is 1. The molecule has 0 saturated carbocycles. The molecule has 31 heavy (non-hydrogen) atoms. The number of fused-ring (bicyclic) bond motifs is 16. The molecule has 4 atom stereocenters. The molecule has 4 aliphatic rings. The largest absolute Gasteiger partial charge is 0.465 e. The minimum Gasteiger partial charge on any atom is -0.465 e. The van der Waals surface area contributed by atoms with Crippen LogP contribution >= 0.6 is 12.4 Å². The molecule has 0 unspecified atom stereocenters. The molecule has 0 spiro atoms. The number of carbonyl (C=O) groups excluding carboxylic acids is 2. The Bertz CT molecular complexity index is 739. The van der Waals surface area contributed by atoms with Crippen LogP contribution in [-0.4, -0.2) is 42.5 Å². The van der Waals surface area contributed by atoms with Crippen LogP contribution in [0.2, 0.25) is 0 Å². The first-order chi connectivity index (χ1) is 14.6. The van der Waals surface area contributed by atoms with Crippen LogP contribution in [0.25, 0.3) is 0 Å². The van der Waals surface area contributed by atoms with E-state index >= 15 is 0 Å². The van der Waals surface area contributed by atoms with Crippen LogP contribution in [0.1, 0.15) is 82.1 Å². The number of ether oxygens (including phenoxy) is 1. The van der Waals surface area contributed by atoms with Crippen molar-refractivity contribution in [1.29, 1.82) is 0 Å². The number of nitrogens with one attached hydrogen (secondary N) is 1. The normalized spacial score (nSPS) is 30.7. The molecule has 2 saturated heterocycles. The number of rotatable bonds is 0. The first-order valence-corrected chi connectivity index (χ1v) is 11.9. The van der Waals surface area contributed by atoms with Crippen LogP contribution in [0.4, 0.5) is 5.69 Å². The van der Waals surface area contributed by atoms with E-state index in [4.69, 9.17) is 4.74 Å². The van der Waals surface area contributed by atoms with Gasteiger partial charge in [0, 0.05) is 36.5 Å². The third kappa shape index (κ3) is 6.01. The summed E-state index contributed by atoms with van der Waals surface area (Å²) in [6.45, 7) is 0.518. The second-order valence-corrected chi connectivity index (χ2v) is 9.44. The lowest BCUT2D eigenvalue weighted by Gasteiger charge is -2.43. The Balaban J connectivity index is 0.00000272. The summed E-state index contributed by atoms with van der Waals surface area (Å²) in [6.07, 6.45) is 10.8. The molecule has 172 valence electrons. The molecular weight excluding hydrogens is 412 g/mol. The number of piperidine rings is 1. The zero-order chi connectivity index (χ0) is 20.9. The maximum Gasteiger partial charge on any atom is 0.305 e. The molecule has 5 nitrogen and oxygen atoms in total. The van der Waals surface area contributed by atoms with Crippen LogP contribution in [0.15, 0.2) is 24.3 Å². The Kier molecular flexibility index (Phi) is 8.79. The van der Waals surface area contributed by atoms with Crippen molar-refractivity contribution in [1.82, 2.24) is 4.90 Å². The molecule has 2 fully saturated rings. The average molecular weight is 449 g/mol. The van der Waals surface area contributed by atoms with Crippen LogP contribution < -0.4 is 5.32 Å². The van der Waals surface area contributed by atoms with Crippen LogP contribution in [0.5, 0.6) is 0 Å². The predicted molar refractivity (Wildman–Crippen MR) is 126 cm³/mol. The van der Waals surface area contributed by atoms with Gasteiger partial charge in [-0.3, -0.25) is 9.59 Å². The highest BCUT2D eigenvalue weighted by Gasteiger charge is 2.46. The second kappa shape index (κ2) is 11.3. The fourth-order valence-corrected chi connectivity index (χ4v) is 5.75. The Morgan fingerprint density at radius 2 is 1.61 bits per heavy atom. The van der Waals surface area contributed by atoms with E-state index in [0.29, 0.717) is 43.4 Å². The number of benzene rings is 1. The Morgan fingerprint density at radius 3 is 2.35 bits per heavy atom. The third-order valence-corrected chi connectivity index (χ3v) is 7.53. The van der Waals surface area contributed by atoms with Crippen molar-refractivity contribution >= 4 is 30.0 Å².